The third-order valence-corrected chi connectivity index (χ3v) is 3.99. The average Bonchev–Trinajstić information content (AvgIpc) is 2.35. The Labute approximate surface area is 112 Å². The van der Waals surface area contributed by atoms with Gasteiger partial charge in [-0.2, -0.15) is 0 Å². The zero-order valence-electron chi connectivity index (χ0n) is 10.4. The van der Waals surface area contributed by atoms with Crippen molar-refractivity contribution in [1.29, 1.82) is 0 Å². The highest BCUT2D eigenvalue weighted by atomic mass is 35.5. The number of benzene rings is 1. The number of halogens is 1. The summed E-state index contributed by atoms with van der Waals surface area (Å²) in [5.41, 5.74) is 1.24. The van der Waals surface area contributed by atoms with E-state index in [1.165, 1.54) is 6.07 Å². The summed E-state index contributed by atoms with van der Waals surface area (Å²) in [5, 5.41) is 12.6. The molecule has 0 saturated heterocycles. The number of aromatic hydroxyl groups is 1. The van der Waals surface area contributed by atoms with Gasteiger partial charge in [-0.25, -0.2) is 0 Å². The topological polar surface area (TPSA) is 49.3 Å². The highest BCUT2D eigenvalue weighted by molar-refractivity contribution is 6.21. The molecule has 1 amide bonds. The number of aryl methyl sites for hydroxylation is 1. The van der Waals surface area contributed by atoms with Crippen molar-refractivity contribution in [2.45, 2.75) is 44.0 Å². The maximum absolute atomic E-state index is 12.0. The van der Waals surface area contributed by atoms with Crippen LogP contribution in [0, 0.1) is 6.92 Å². The van der Waals surface area contributed by atoms with Crippen molar-refractivity contribution in [1.82, 2.24) is 5.32 Å². The van der Waals surface area contributed by atoms with Crippen LogP contribution in [0.5, 0.6) is 5.75 Å². The summed E-state index contributed by atoms with van der Waals surface area (Å²) in [6.07, 6.45) is 4.11. The minimum absolute atomic E-state index is 0.0155. The largest absolute Gasteiger partial charge is 0.508 e. The fourth-order valence-corrected chi connectivity index (χ4v) is 2.59. The fourth-order valence-electron chi connectivity index (χ4n) is 2.25. The van der Waals surface area contributed by atoms with Crippen molar-refractivity contribution in [2.24, 2.45) is 0 Å². The van der Waals surface area contributed by atoms with Gasteiger partial charge in [-0.1, -0.05) is 18.9 Å². The molecule has 2 unspecified atom stereocenters. The molecule has 0 heterocycles. The van der Waals surface area contributed by atoms with Crippen LogP contribution >= 0.6 is 11.6 Å². The number of alkyl halides is 1. The molecule has 1 saturated carbocycles. The summed E-state index contributed by atoms with van der Waals surface area (Å²) in [4.78, 5) is 12.0. The third-order valence-electron chi connectivity index (χ3n) is 3.47. The lowest BCUT2D eigenvalue weighted by Gasteiger charge is -2.27. The molecule has 0 spiro atoms. The molecular formula is C14H18ClNO2. The highest BCUT2D eigenvalue weighted by Gasteiger charge is 2.25. The van der Waals surface area contributed by atoms with Gasteiger partial charge < -0.3 is 10.4 Å². The fraction of sp³-hybridized carbons (Fsp3) is 0.500. The van der Waals surface area contributed by atoms with Crippen molar-refractivity contribution < 1.29 is 9.90 Å². The monoisotopic (exact) mass is 267 g/mol. The van der Waals surface area contributed by atoms with E-state index in [4.69, 9.17) is 11.6 Å². The number of hydrogen-bond acceptors (Lipinski definition) is 2. The Bertz CT molecular complexity index is 447. The van der Waals surface area contributed by atoms with Crippen LogP contribution in [0.25, 0.3) is 0 Å². The molecule has 0 aliphatic heterocycles. The maximum Gasteiger partial charge on any atom is 0.251 e. The van der Waals surface area contributed by atoms with Gasteiger partial charge in [-0.15, -0.1) is 11.6 Å². The molecule has 2 N–H and O–H groups in total. The Morgan fingerprint density at radius 3 is 2.78 bits per heavy atom. The zero-order chi connectivity index (χ0) is 13.1. The number of carbonyl (C=O) groups excluding carboxylic acids is 1. The molecule has 18 heavy (non-hydrogen) atoms. The summed E-state index contributed by atoms with van der Waals surface area (Å²) in [7, 11) is 0. The van der Waals surface area contributed by atoms with Gasteiger partial charge in [0.05, 0.1) is 5.38 Å². The van der Waals surface area contributed by atoms with E-state index in [1.54, 1.807) is 19.1 Å². The Morgan fingerprint density at radius 1 is 1.39 bits per heavy atom. The van der Waals surface area contributed by atoms with Crippen molar-refractivity contribution in [3.63, 3.8) is 0 Å². The van der Waals surface area contributed by atoms with Crippen LogP contribution in [0.15, 0.2) is 18.2 Å². The quantitative estimate of drug-likeness (QED) is 0.810. The normalized spacial score (nSPS) is 23.7. The molecule has 2 atom stereocenters. The van der Waals surface area contributed by atoms with Crippen LogP contribution < -0.4 is 5.32 Å². The summed E-state index contributed by atoms with van der Waals surface area (Å²) >= 11 is 6.21. The smallest absolute Gasteiger partial charge is 0.251 e. The second kappa shape index (κ2) is 5.61. The SMILES string of the molecule is Cc1ccc(C(=O)NC2CCCCC2Cl)cc1O. The molecule has 1 fully saturated rings. The Balaban J connectivity index is 2.04. The van der Waals surface area contributed by atoms with Gasteiger partial charge in [-0.05, 0) is 37.5 Å². The predicted octanol–water partition coefficient (Wildman–Crippen LogP) is 2.98. The summed E-state index contributed by atoms with van der Waals surface area (Å²) < 4.78 is 0. The van der Waals surface area contributed by atoms with Crippen molar-refractivity contribution >= 4 is 17.5 Å². The van der Waals surface area contributed by atoms with Gasteiger partial charge in [0.2, 0.25) is 0 Å². The molecule has 1 aromatic rings. The average molecular weight is 268 g/mol. The van der Waals surface area contributed by atoms with Crippen LogP contribution in [0.3, 0.4) is 0 Å². The van der Waals surface area contributed by atoms with Gasteiger partial charge >= 0.3 is 0 Å². The molecule has 98 valence electrons. The van der Waals surface area contributed by atoms with E-state index in [2.05, 4.69) is 5.32 Å². The molecule has 0 aromatic heterocycles. The van der Waals surface area contributed by atoms with E-state index in [0.717, 1.165) is 31.2 Å². The lowest BCUT2D eigenvalue weighted by molar-refractivity contribution is 0.0928. The van der Waals surface area contributed by atoms with E-state index in [9.17, 15) is 9.90 Å². The van der Waals surface area contributed by atoms with E-state index in [1.807, 2.05) is 0 Å². The van der Waals surface area contributed by atoms with E-state index < -0.39 is 0 Å². The van der Waals surface area contributed by atoms with Gasteiger partial charge in [0, 0.05) is 11.6 Å². The maximum atomic E-state index is 12.0. The number of phenolic OH excluding ortho intramolecular Hbond substituents is 1. The van der Waals surface area contributed by atoms with E-state index >= 15 is 0 Å². The number of nitrogens with one attached hydrogen (secondary N) is 1. The summed E-state index contributed by atoms with van der Waals surface area (Å²) in [6, 6.07) is 4.99. The first kappa shape index (κ1) is 13.2. The first-order valence-electron chi connectivity index (χ1n) is 6.32. The molecule has 2 rings (SSSR count). The Hall–Kier alpha value is -1.22. The molecule has 1 aliphatic rings. The van der Waals surface area contributed by atoms with Crippen molar-refractivity contribution in [2.75, 3.05) is 0 Å². The number of rotatable bonds is 2. The van der Waals surface area contributed by atoms with Crippen molar-refractivity contribution in [3.8, 4) is 5.75 Å². The zero-order valence-corrected chi connectivity index (χ0v) is 11.2. The lowest BCUT2D eigenvalue weighted by Crippen LogP contribution is -2.42. The highest BCUT2D eigenvalue weighted by Crippen LogP contribution is 2.24. The number of hydrogen-bond donors (Lipinski definition) is 2. The molecule has 1 aliphatic carbocycles. The van der Waals surface area contributed by atoms with Crippen LogP contribution in [0.2, 0.25) is 0 Å². The van der Waals surface area contributed by atoms with Gasteiger partial charge in [-0.3, -0.25) is 4.79 Å². The number of phenols is 1. The molecular weight excluding hydrogens is 250 g/mol. The number of carbonyl (C=O) groups is 1. The van der Waals surface area contributed by atoms with Crippen LogP contribution in [-0.2, 0) is 0 Å². The second-order valence-corrected chi connectivity index (χ2v) is 5.44. The molecule has 0 bridgehead atoms. The summed E-state index contributed by atoms with van der Waals surface area (Å²) in [5.74, 6) is -0.0171. The van der Waals surface area contributed by atoms with E-state index in [0.29, 0.717) is 5.56 Å². The van der Waals surface area contributed by atoms with Gasteiger partial charge in [0.1, 0.15) is 5.75 Å². The minimum Gasteiger partial charge on any atom is -0.508 e. The Morgan fingerprint density at radius 2 is 2.11 bits per heavy atom. The molecule has 1 aromatic carbocycles. The minimum atomic E-state index is -0.164. The number of amides is 1. The third kappa shape index (κ3) is 2.96. The van der Waals surface area contributed by atoms with Gasteiger partial charge in [0.25, 0.3) is 5.91 Å². The van der Waals surface area contributed by atoms with Crippen LogP contribution in [0.1, 0.15) is 41.6 Å². The molecule has 3 nitrogen and oxygen atoms in total. The second-order valence-electron chi connectivity index (χ2n) is 4.88. The van der Waals surface area contributed by atoms with Crippen LogP contribution in [-0.4, -0.2) is 22.4 Å². The standard InChI is InChI=1S/C14H18ClNO2/c1-9-6-7-10(8-13(9)17)14(18)16-12-5-3-2-4-11(12)15/h6-8,11-12,17H,2-5H2,1H3,(H,16,18). The molecule has 4 heteroatoms. The van der Waals surface area contributed by atoms with Crippen LogP contribution in [0.4, 0.5) is 0 Å². The molecule has 0 radical (unpaired) electrons. The summed E-state index contributed by atoms with van der Waals surface area (Å²) in [6.45, 7) is 1.80. The van der Waals surface area contributed by atoms with Crippen molar-refractivity contribution in [3.05, 3.63) is 29.3 Å². The first-order valence-corrected chi connectivity index (χ1v) is 6.76. The predicted molar refractivity (Wildman–Crippen MR) is 72.2 cm³/mol. The first-order chi connectivity index (χ1) is 8.58. The van der Waals surface area contributed by atoms with E-state index in [-0.39, 0.29) is 23.1 Å². The van der Waals surface area contributed by atoms with Gasteiger partial charge in [0.15, 0.2) is 0 Å². The lowest BCUT2D eigenvalue weighted by atomic mass is 9.94. The Kier molecular flexibility index (Phi) is 4.12.